The lowest BCUT2D eigenvalue weighted by molar-refractivity contribution is -0.118. The molecule has 0 fully saturated rings. The number of halogens is 1. The van der Waals surface area contributed by atoms with E-state index in [9.17, 15) is 14.4 Å². The van der Waals surface area contributed by atoms with Gasteiger partial charge >= 0.3 is 5.69 Å². The zero-order chi connectivity index (χ0) is 22.0. The number of benzene rings is 2. The molecule has 1 amide bonds. The Morgan fingerprint density at radius 2 is 1.58 bits per heavy atom. The molecule has 156 valence electrons. The van der Waals surface area contributed by atoms with Crippen LogP contribution in [0.1, 0.15) is 17.0 Å². The van der Waals surface area contributed by atoms with E-state index >= 15 is 0 Å². The Morgan fingerprint density at radius 3 is 2.29 bits per heavy atom. The molecule has 0 saturated carbocycles. The van der Waals surface area contributed by atoms with Crippen LogP contribution in [0.5, 0.6) is 0 Å². The van der Waals surface area contributed by atoms with Gasteiger partial charge in [-0.15, -0.1) is 0 Å². The molecule has 1 atom stereocenters. The molecule has 31 heavy (non-hydrogen) atoms. The molecule has 2 aromatic carbocycles. The summed E-state index contributed by atoms with van der Waals surface area (Å²) in [5, 5.41) is 0.907. The fraction of sp³-hybridized carbons (Fsp3) is 0.174. The molecule has 1 N–H and O–H groups in total. The fourth-order valence-corrected chi connectivity index (χ4v) is 4.56. The predicted octanol–water partition coefficient (Wildman–Crippen LogP) is 2.99. The molecule has 2 aromatic heterocycles. The number of nitrogens with zero attached hydrogens (tertiary/aromatic N) is 3. The zero-order valence-corrected chi connectivity index (χ0v) is 17.9. The van der Waals surface area contributed by atoms with Gasteiger partial charge in [-0.05, 0) is 29.3 Å². The number of aryl methyl sites for hydroxylation is 1. The number of carbonyl (C=O) groups excluding carboxylic acids is 1. The number of fused-ring (bicyclic) bond motifs is 2. The molecule has 1 unspecified atom stereocenters. The number of aromatic nitrogens is 3. The first-order chi connectivity index (χ1) is 14.8. The lowest BCUT2D eigenvalue weighted by atomic mass is 9.89. The Labute approximate surface area is 182 Å². The summed E-state index contributed by atoms with van der Waals surface area (Å²) >= 11 is 6.08. The van der Waals surface area contributed by atoms with E-state index in [4.69, 9.17) is 11.6 Å². The van der Waals surface area contributed by atoms with Crippen LogP contribution in [0.3, 0.4) is 0 Å². The van der Waals surface area contributed by atoms with Crippen LogP contribution in [0.2, 0.25) is 5.02 Å². The largest absolute Gasteiger partial charge is 0.340 e. The first-order valence-electron chi connectivity index (χ1n) is 9.75. The Hall–Kier alpha value is -3.58. The normalized spacial score (nSPS) is 15.7. The van der Waals surface area contributed by atoms with E-state index in [0.29, 0.717) is 27.3 Å². The summed E-state index contributed by atoms with van der Waals surface area (Å²) in [5.41, 5.74) is 3.08. The van der Waals surface area contributed by atoms with Crippen LogP contribution in [-0.2, 0) is 18.9 Å². The van der Waals surface area contributed by atoms with E-state index in [1.54, 1.807) is 31.1 Å². The topological polar surface area (TPSA) is 80.1 Å². The van der Waals surface area contributed by atoms with Gasteiger partial charge in [-0.2, -0.15) is 0 Å². The van der Waals surface area contributed by atoms with Crippen LogP contribution in [0, 0.1) is 0 Å². The summed E-state index contributed by atoms with van der Waals surface area (Å²) in [7, 11) is 4.78. The van der Waals surface area contributed by atoms with Crippen molar-refractivity contribution < 1.29 is 4.79 Å². The van der Waals surface area contributed by atoms with Gasteiger partial charge in [0.2, 0.25) is 5.91 Å². The number of carbonyl (C=O) groups is 1. The van der Waals surface area contributed by atoms with Gasteiger partial charge in [-0.3, -0.25) is 18.7 Å². The first kappa shape index (κ1) is 19.4. The first-order valence-corrected chi connectivity index (χ1v) is 10.1. The van der Waals surface area contributed by atoms with Crippen molar-refractivity contribution in [1.29, 1.82) is 0 Å². The van der Waals surface area contributed by atoms with Crippen molar-refractivity contribution in [2.75, 3.05) is 11.9 Å². The van der Waals surface area contributed by atoms with Crippen molar-refractivity contribution in [3.63, 3.8) is 0 Å². The number of nitrogens with one attached hydrogen (secondary N) is 1. The molecule has 0 radical (unpaired) electrons. The number of hydrogen-bond acceptors (Lipinski definition) is 3. The third-order valence-electron chi connectivity index (χ3n) is 6.05. The van der Waals surface area contributed by atoms with Crippen molar-refractivity contribution in [3.8, 4) is 11.3 Å². The summed E-state index contributed by atoms with van der Waals surface area (Å²) in [6.07, 6.45) is 0. The molecule has 8 heteroatoms. The highest BCUT2D eigenvalue weighted by Crippen LogP contribution is 2.45. The second kappa shape index (κ2) is 6.72. The van der Waals surface area contributed by atoms with Crippen LogP contribution in [0.25, 0.3) is 22.3 Å². The van der Waals surface area contributed by atoms with Gasteiger partial charge in [0.1, 0.15) is 5.65 Å². The lowest BCUT2D eigenvalue weighted by Gasteiger charge is -2.13. The van der Waals surface area contributed by atoms with Gasteiger partial charge < -0.3 is 9.88 Å². The Balaban J connectivity index is 1.95. The summed E-state index contributed by atoms with van der Waals surface area (Å²) in [6, 6.07) is 14.7. The molecule has 3 heterocycles. The van der Waals surface area contributed by atoms with Crippen molar-refractivity contribution in [2.24, 2.45) is 14.1 Å². The Morgan fingerprint density at radius 1 is 0.903 bits per heavy atom. The molecule has 0 aliphatic carbocycles. The van der Waals surface area contributed by atoms with Crippen molar-refractivity contribution in [1.82, 2.24) is 14.1 Å². The van der Waals surface area contributed by atoms with Crippen LogP contribution in [0.4, 0.5) is 5.69 Å². The maximum absolute atomic E-state index is 13.4. The average Bonchev–Trinajstić information content (AvgIpc) is 3.27. The summed E-state index contributed by atoms with van der Waals surface area (Å²) < 4.78 is 2.47. The SMILES string of the molecule is CN1C(=O)C(c2c(-c3ccc(Cl)cc3)[nH]c3c2c(=O)n(C)c(=O)n3C)c2ccccc21. The summed E-state index contributed by atoms with van der Waals surface area (Å²) in [6.45, 7) is 0. The highest BCUT2D eigenvalue weighted by molar-refractivity contribution is 6.30. The second-order valence-electron chi connectivity index (χ2n) is 7.74. The number of H-pyrrole nitrogens is 1. The lowest BCUT2D eigenvalue weighted by Crippen LogP contribution is -2.37. The standard InChI is InChI=1S/C23H19ClN4O3/c1-26-15-7-5-4-6-14(15)16(21(26)29)17-18-20(27(2)23(31)28(3)22(18)30)25-19(17)12-8-10-13(24)11-9-12/h4-11,16,25H,1-3H3. The second-order valence-corrected chi connectivity index (χ2v) is 8.18. The third kappa shape index (κ3) is 2.63. The van der Waals surface area contributed by atoms with Crippen LogP contribution in [0.15, 0.2) is 58.1 Å². The number of para-hydroxylation sites is 1. The highest BCUT2D eigenvalue weighted by atomic mass is 35.5. The maximum Gasteiger partial charge on any atom is 0.332 e. The maximum atomic E-state index is 13.4. The molecule has 7 nitrogen and oxygen atoms in total. The fourth-order valence-electron chi connectivity index (χ4n) is 4.44. The number of likely N-dealkylation sites (N-methyl/N-ethyl adjacent to an activating group) is 1. The smallest absolute Gasteiger partial charge is 0.332 e. The van der Waals surface area contributed by atoms with Gasteiger partial charge in [-0.1, -0.05) is 41.9 Å². The number of amides is 1. The van der Waals surface area contributed by atoms with Crippen LogP contribution < -0.4 is 16.1 Å². The average molecular weight is 435 g/mol. The van der Waals surface area contributed by atoms with Gasteiger partial charge in [0.05, 0.1) is 17.0 Å². The van der Waals surface area contributed by atoms with Gasteiger partial charge in [0.25, 0.3) is 5.56 Å². The molecule has 4 aromatic rings. The minimum atomic E-state index is -0.675. The minimum Gasteiger partial charge on any atom is -0.340 e. The van der Waals surface area contributed by atoms with Crippen molar-refractivity contribution in [3.05, 3.63) is 85.5 Å². The molecular weight excluding hydrogens is 416 g/mol. The van der Waals surface area contributed by atoms with E-state index in [2.05, 4.69) is 4.98 Å². The molecular formula is C23H19ClN4O3. The minimum absolute atomic E-state index is 0.131. The van der Waals surface area contributed by atoms with Crippen molar-refractivity contribution >= 4 is 34.2 Å². The Bertz CT molecular complexity index is 1490. The van der Waals surface area contributed by atoms with E-state index in [0.717, 1.165) is 21.4 Å². The van der Waals surface area contributed by atoms with Crippen LogP contribution in [-0.4, -0.2) is 27.1 Å². The summed E-state index contributed by atoms with van der Waals surface area (Å²) in [5.74, 6) is -0.806. The van der Waals surface area contributed by atoms with Gasteiger partial charge in [0.15, 0.2) is 0 Å². The van der Waals surface area contributed by atoms with E-state index < -0.39 is 17.2 Å². The highest BCUT2D eigenvalue weighted by Gasteiger charge is 2.40. The zero-order valence-electron chi connectivity index (χ0n) is 17.1. The molecule has 1 aliphatic rings. The van der Waals surface area contributed by atoms with Gasteiger partial charge in [0, 0.05) is 37.4 Å². The molecule has 5 rings (SSSR count). The van der Waals surface area contributed by atoms with Gasteiger partial charge in [-0.25, -0.2) is 4.79 Å². The van der Waals surface area contributed by atoms with E-state index in [1.165, 1.54) is 11.6 Å². The number of anilines is 1. The molecule has 0 bridgehead atoms. The number of aromatic amines is 1. The van der Waals surface area contributed by atoms with Crippen LogP contribution >= 0.6 is 11.6 Å². The number of hydrogen-bond donors (Lipinski definition) is 1. The Kier molecular flexibility index (Phi) is 4.20. The van der Waals surface area contributed by atoms with Crippen molar-refractivity contribution in [2.45, 2.75) is 5.92 Å². The summed E-state index contributed by atoms with van der Waals surface area (Å²) in [4.78, 5) is 44.1. The molecule has 0 saturated heterocycles. The number of rotatable bonds is 2. The monoisotopic (exact) mass is 434 g/mol. The quantitative estimate of drug-likeness (QED) is 0.526. The van der Waals surface area contributed by atoms with E-state index in [-0.39, 0.29) is 5.91 Å². The predicted molar refractivity (Wildman–Crippen MR) is 121 cm³/mol. The molecule has 1 aliphatic heterocycles. The molecule has 0 spiro atoms. The van der Waals surface area contributed by atoms with E-state index in [1.807, 2.05) is 36.4 Å². The third-order valence-corrected chi connectivity index (χ3v) is 6.31.